The van der Waals surface area contributed by atoms with Gasteiger partial charge in [0.25, 0.3) is 0 Å². The Bertz CT molecular complexity index is 2820. The molecule has 4 aromatic heterocycles. The average Bonchev–Trinajstić information content (AvgIpc) is 3.98. The zero-order valence-corrected chi connectivity index (χ0v) is 43.9. The molecule has 2 aliphatic heterocycles. The molecule has 2 aliphatic rings. The standard InChI is InChI=1S/C27H35N3O6.C21H25N3O5.C6H12O2/c1-6-35-27(31)21-14-23(36-16-18-9-11-34-12-10-18)24-25(17(2)3)29-30(26(24)28-21)15-19-7-8-20(32-4)13-22(19)33-5;1-6-29-21(26)15-10-16(25)18-19(12(2)3)23-24(20(18)22-15)11-13-7-8-14(27-4)9-17(13)28-5;7-5-6-1-3-8-4-2-6/h7-8,13-14,17-18H,6,9-12,15-16H2,1-5H3;7-10,12H,6,11H2,1-5H3,(H,22,25);6-7H,1-5H2. The summed E-state index contributed by atoms with van der Waals surface area (Å²) in [6.07, 6.45) is 3.98. The van der Waals surface area contributed by atoms with Gasteiger partial charge in [0.05, 0.1) is 83.5 Å². The fraction of sp³-hybridized carbons (Fsp3) is 0.519. The SMILES string of the molecule is CCOC(=O)c1cc(=O)c2c(C(C)C)nn(Cc3ccc(OC)cc3OC)c2[nH]1.CCOC(=O)c1cc(OCC2CCOCC2)c2c(C(C)C)nn(Cc3ccc(OC)cc3OC)c2n1.OCC1CCOCC1. The lowest BCUT2D eigenvalue weighted by atomic mass is 10.0. The third kappa shape index (κ3) is 14.1. The van der Waals surface area contributed by atoms with Crippen molar-refractivity contribution in [2.24, 2.45) is 11.8 Å². The quantitative estimate of drug-likeness (QED) is 0.0777. The molecule has 6 aromatic rings. The zero-order valence-electron chi connectivity index (χ0n) is 43.9. The number of esters is 2. The van der Waals surface area contributed by atoms with Crippen molar-refractivity contribution in [3.05, 3.63) is 92.7 Å². The van der Waals surface area contributed by atoms with E-state index in [9.17, 15) is 14.4 Å². The maximum atomic E-state index is 12.8. The van der Waals surface area contributed by atoms with E-state index in [-0.39, 0.29) is 41.9 Å². The summed E-state index contributed by atoms with van der Waals surface area (Å²) in [6.45, 7) is 16.9. The van der Waals surface area contributed by atoms with Gasteiger partial charge in [-0.3, -0.25) is 4.79 Å². The average molecular weight is 1010 g/mol. The summed E-state index contributed by atoms with van der Waals surface area (Å²) in [4.78, 5) is 45.4. The van der Waals surface area contributed by atoms with Gasteiger partial charge >= 0.3 is 11.9 Å². The minimum absolute atomic E-state index is 0.0334. The van der Waals surface area contributed by atoms with Crippen LogP contribution in [0.25, 0.3) is 22.1 Å². The highest BCUT2D eigenvalue weighted by atomic mass is 16.5. The Morgan fingerprint density at radius 3 is 1.71 bits per heavy atom. The molecule has 0 amide bonds. The molecule has 0 saturated carbocycles. The molecule has 0 unspecified atom stereocenters. The van der Waals surface area contributed by atoms with Gasteiger partial charge in [-0.1, -0.05) is 27.7 Å². The molecule has 8 rings (SSSR count). The van der Waals surface area contributed by atoms with Crippen molar-refractivity contribution in [3.63, 3.8) is 0 Å². The molecule has 2 aromatic carbocycles. The Labute approximate surface area is 426 Å². The van der Waals surface area contributed by atoms with Crippen molar-refractivity contribution in [2.75, 3.05) is 81.3 Å². The Morgan fingerprint density at radius 2 is 1.21 bits per heavy atom. The van der Waals surface area contributed by atoms with E-state index in [0.717, 1.165) is 74.3 Å². The topological polar surface area (TPSA) is 219 Å². The van der Waals surface area contributed by atoms with Crippen molar-refractivity contribution in [2.45, 2.75) is 92.2 Å². The predicted octanol–water partition coefficient (Wildman–Crippen LogP) is 8.10. The maximum Gasteiger partial charge on any atom is 0.357 e. The van der Waals surface area contributed by atoms with Gasteiger partial charge in [0.1, 0.15) is 40.1 Å². The lowest BCUT2D eigenvalue weighted by Gasteiger charge is -2.22. The number of ether oxygens (including phenoxy) is 9. The predicted molar refractivity (Wildman–Crippen MR) is 275 cm³/mol. The Kier molecular flexibility index (Phi) is 20.4. The number of pyridine rings is 2. The number of H-pyrrole nitrogens is 1. The van der Waals surface area contributed by atoms with Gasteiger partial charge in [0.2, 0.25) is 0 Å². The summed E-state index contributed by atoms with van der Waals surface area (Å²) >= 11 is 0. The summed E-state index contributed by atoms with van der Waals surface area (Å²) in [5.74, 6) is 3.31. The van der Waals surface area contributed by atoms with Crippen LogP contribution < -0.4 is 29.1 Å². The number of rotatable bonds is 18. The highest BCUT2D eigenvalue weighted by Gasteiger charge is 2.26. The van der Waals surface area contributed by atoms with E-state index in [1.165, 1.54) is 6.07 Å². The maximum absolute atomic E-state index is 12.8. The lowest BCUT2D eigenvalue weighted by molar-refractivity contribution is 0.0455. The van der Waals surface area contributed by atoms with Gasteiger partial charge in [-0.2, -0.15) is 10.2 Å². The minimum Gasteiger partial charge on any atom is -0.497 e. The lowest BCUT2D eigenvalue weighted by Crippen LogP contribution is -2.21. The Hall–Kier alpha value is -6.70. The van der Waals surface area contributed by atoms with E-state index in [1.807, 2.05) is 44.2 Å². The van der Waals surface area contributed by atoms with E-state index in [1.54, 1.807) is 63.8 Å². The number of fused-ring (bicyclic) bond motifs is 2. The summed E-state index contributed by atoms with van der Waals surface area (Å²) in [7, 11) is 6.41. The monoisotopic (exact) mass is 1010 g/mol. The van der Waals surface area contributed by atoms with Crippen LogP contribution >= 0.6 is 0 Å². The van der Waals surface area contributed by atoms with Gasteiger partial charge in [-0.05, 0) is 87.5 Å². The molecule has 0 radical (unpaired) electrons. The van der Waals surface area contributed by atoms with E-state index in [0.29, 0.717) is 89.3 Å². The normalized spacial score (nSPS) is 14.0. The number of hydrogen-bond donors (Lipinski definition) is 2. The van der Waals surface area contributed by atoms with Crippen LogP contribution in [-0.4, -0.2) is 128 Å². The van der Waals surface area contributed by atoms with Crippen LogP contribution in [0, 0.1) is 11.8 Å². The molecule has 2 saturated heterocycles. The highest BCUT2D eigenvalue weighted by Crippen LogP contribution is 2.36. The van der Waals surface area contributed by atoms with Crippen LogP contribution in [0.2, 0.25) is 0 Å². The summed E-state index contributed by atoms with van der Waals surface area (Å²) in [5, 5.41) is 19.5. The molecule has 396 valence electrons. The fourth-order valence-electron chi connectivity index (χ4n) is 8.49. The van der Waals surface area contributed by atoms with Gasteiger partial charge in [-0.15, -0.1) is 0 Å². The second-order valence-electron chi connectivity index (χ2n) is 18.3. The third-order valence-electron chi connectivity index (χ3n) is 12.6. The number of methoxy groups -OCH3 is 4. The number of carbonyl (C=O) groups excluding carboxylic acids is 2. The molecule has 0 atom stereocenters. The minimum atomic E-state index is -0.577. The smallest absolute Gasteiger partial charge is 0.357 e. The van der Waals surface area contributed by atoms with Gasteiger partial charge in [0, 0.05) is 68.4 Å². The first-order valence-electron chi connectivity index (χ1n) is 25.0. The molecule has 2 fully saturated rings. The number of aliphatic hydroxyl groups excluding tert-OH is 1. The number of nitrogens with one attached hydrogen (secondary N) is 1. The van der Waals surface area contributed by atoms with Gasteiger partial charge in [-0.25, -0.2) is 23.9 Å². The molecular weight excluding hydrogens is 941 g/mol. The van der Waals surface area contributed by atoms with Crippen molar-refractivity contribution >= 4 is 34.0 Å². The van der Waals surface area contributed by atoms with Crippen LogP contribution in [0.5, 0.6) is 28.7 Å². The summed E-state index contributed by atoms with van der Waals surface area (Å²) < 4.78 is 52.4. The summed E-state index contributed by atoms with van der Waals surface area (Å²) in [6, 6.07) is 14.1. The number of carbonyl (C=O) groups is 2. The molecular formula is C54H72N6O13. The van der Waals surface area contributed by atoms with Crippen LogP contribution in [-0.2, 0) is 32.0 Å². The Morgan fingerprint density at radius 1 is 0.685 bits per heavy atom. The number of aromatic nitrogens is 6. The molecule has 19 nitrogen and oxygen atoms in total. The number of aliphatic hydroxyl groups is 1. The number of hydrogen-bond acceptors (Lipinski definition) is 16. The van der Waals surface area contributed by atoms with Crippen LogP contribution in [0.1, 0.15) is 123 Å². The first-order valence-corrected chi connectivity index (χ1v) is 25.0. The molecule has 2 N–H and O–H groups in total. The van der Waals surface area contributed by atoms with Crippen LogP contribution in [0.15, 0.2) is 53.3 Å². The van der Waals surface area contributed by atoms with Gasteiger partial charge < -0.3 is 52.7 Å². The molecule has 73 heavy (non-hydrogen) atoms. The second-order valence-corrected chi connectivity index (χ2v) is 18.3. The molecule has 0 spiro atoms. The fourth-order valence-corrected chi connectivity index (χ4v) is 8.49. The van der Waals surface area contributed by atoms with E-state index < -0.39 is 11.9 Å². The van der Waals surface area contributed by atoms with Crippen molar-refractivity contribution in [1.29, 1.82) is 0 Å². The second kappa shape index (κ2) is 26.8. The van der Waals surface area contributed by atoms with Crippen molar-refractivity contribution < 1.29 is 57.3 Å². The zero-order chi connectivity index (χ0) is 52.6. The third-order valence-corrected chi connectivity index (χ3v) is 12.6. The number of aromatic amines is 1. The van der Waals surface area contributed by atoms with E-state index >= 15 is 0 Å². The number of nitrogens with zero attached hydrogens (tertiary/aromatic N) is 5. The van der Waals surface area contributed by atoms with Crippen molar-refractivity contribution in [3.8, 4) is 28.7 Å². The Balaban J connectivity index is 0.000000210. The van der Waals surface area contributed by atoms with E-state index in [4.69, 9.17) is 57.8 Å². The van der Waals surface area contributed by atoms with Crippen LogP contribution in [0.3, 0.4) is 0 Å². The van der Waals surface area contributed by atoms with E-state index in [2.05, 4.69) is 23.9 Å². The molecule has 0 bridgehead atoms. The first-order chi connectivity index (χ1) is 35.3. The number of benzene rings is 2. The van der Waals surface area contributed by atoms with Gasteiger partial charge in [0.15, 0.2) is 16.8 Å². The van der Waals surface area contributed by atoms with Crippen molar-refractivity contribution in [1.82, 2.24) is 29.5 Å². The first kappa shape index (κ1) is 55.6. The molecule has 0 aliphatic carbocycles. The molecule has 19 heteroatoms. The largest absolute Gasteiger partial charge is 0.497 e. The highest BCUT2D eigenvalue weighted by molar-refractivity contribution is 5.94. The molecule has 6 heterocycles. The summed E-state index contributed by atoms with van der Waals surface area (Å²) in [5.41, 5.74) is 4.38. The van der Waals surface area contributed by atoms with Crippen LogP contribution in [0.4, 0.5) is 0 Å².